The van der Waals surface area contributed by atoms with Gasteiger partial charge in [-0.05, 0) is 64.2 Å². The van der Waals surface area contributed by atoms with Crippen LogP contribution in [0.25, 0.3) is 5.82 Å². The topological polar surface area (TPSA) is 86.9 Å². The fraction of sp³-hybridized carbons (Fsp3) is 0.457. The Morgan fingerprint density at radius 3 is 2.15 bits per heavy atom. The zero-order chi connectivity index (χ0) is 33.3. The molecular formula is C35H44BFN6O4. The molecule has 2 aromatic carbocycles. The molecule has 0 aliphatic carbocycles. The first-order chi connectivity index (χ1) is 22.5. The van der Waals surface area contributed by atoms with Crippen LogP contribution in [0.15, 0.2) is 78.0 Å². The van der Waals surface area contributed by atoms with Gasteiger partial charge in [0.25, 0.3) is 0 Å². The summed E-state index contributed by atoms with van der Waals surface area (Å²) in [5.41, 5.74) is 2.62. The summed E-state index contributed by atoms with van der Waals surface area (Å²) in [6.07, 6.45) is 3.29. The number of benzene rings is 2. The highest BCUT2D eigenvalue weighted by Gasteiger charge is 2.51. The molecule has 47 heavy (non-hydrogen) atoms. The summed E-state index contributed by atoms with van der Waals surface area (Å²) in [7, 11) is -0.392. The third-order valence-electron chi connectivity index (χ3n) is 9.79. The molecule has 2 aliphatic rings. The molecule has 10 nitrogen and oxygen atoms in total. The molecule has 0 bridgehead atoms. The summed E-state index contributed by atoms with van der Waals surface area (Å²) in [6.45, 7) is 15.5. The zero-order valence-electron chi connectivity index (χ0n) is 28.1. The van der Waals surface area contributed by atoms with Crippen LogP contribution >= 0.6 is 0 Å². The SMILES string of the molecule is CCC(C(C)OCc1ccccc1)n1ncn(-c2ncc(N3CCN(c4ccc(B5OC(C)(C)C(C)(C)O5)cc4)CC3)cc2F)c1=O. The van der Waals surface area contributed by atoms with E-state index in [2.05, 4.69) is 71.8 Å². The predicted molar refractivity (Wildman–Crippen MR) is 182 cm³/mol. The number of hydrogen-bond donors (Lipinski definition) is 0. The van der Waals surface area contributed by atoms with Crippen molar-refractivity contribution in [3.8, 4) is 5.82 Å². The maximum Gasteiger partial charge on any atom is 0.494 e. The number of aromatic nitrogens is 4. The van der Waals surface area contributed by atoms with Gasteiger partial charge in [0.2, 0.25) is 0 Å². The molecule has 0 spiro atoms. The van der Waals surface area contributed by atoms with Crippen molar-refractivity contribution in [2.75, 3.05) is 36.0 Å². The Bertz CT molecular complexity index is 1700. The molecule has 2 aliphatic heterocycles. The number of anilines is 2. The fourth-order valence-electron chi connectivity index (χ4n) is 6.12. The summed E-state index contributed by atoms with van der Waals surface area (Å²) in [5, 5.41) is 4.32. The maximum atomic E-state index is 15.5. The molecule has 6 rings (SSSR count). The van der Waals surface area contributed by atoms with Crippen LogP contribution in [0.2, 0.25) is 0 Å². The normalized spacial score (nSPS) is 18.8. The van der Waals surface area contributed by atoms with Crippen LogP contribution in [0.5, 0.6) is 0 Å². The quantitative estimate of drug-likeness (QED) is 0.229. The van der Waals surface area contributed by atoms with Gasteiger partial charge in [0.1, 0.15) is 6.33 Å². The lowest BCUT2D eigenvalue weighted by Gasteiger charge is -2.37. The first kappa shape index (κ1) is 32.9. The molecule has 2 unspecified atom stereocenters. The van der Waals surface area contributed by atoms with Gasteiger partial charge in [-0.2, -0.15) is 5.10 Å². The highest BCUT2D eigenvalue weighted by Crippen LogP contribution is 2.36. The molecule has 0 saturated carbocycles. The van der Waals surface area contributed by atoms with Crippen LogP contribution in [0, 0.1) is 5.82 Å². The lowest BCUT2D eigenvalue weighted by Crippen LogP contribution is -2.46. The van der Waals surface area contributed by atoms with Gasteiger partial charge < -0.3 is 23.8 Å². The molecule has 2 aromatic heterocycles. The van der Waals surface area contributed by atoms with Crippen LogP contribution in [-0.2, 0) is 20.7 Å². The molecule has 0 radical (unpaired) electrons. The van der Waals surface area contributed by atoms with Gasteiger partial charge in [-0.1, -0.05) is 49.4 Å². The number of hydrogen-bond acceptors (Lipinski definition) is 8. The zero-order valence-corrected chi connectivity index (χ0v) is 28.1. The Kier molecular flexibility index (Phi) is 9.28. The summed E-state index contributed by atoms with van der Waals surface area (Å²) < 4.78 is 36.5. The summed E-state index contributed by atoms with van der Waals surface area (Å²) in [4.78, 5) is 22.2. The first-order valence-electron chi connectivity index (χ1n) is 16.4. The molecule has 2 fully saturated rings. The Balaban J connectivity index is 1.07. The smallest absolute Gasteiger partial charge is 0.399 e. The molecule has 0 amide bonds. The summed E-state index contributed by atoms with van der Waals surface area (Å²) in [6, 6.07) is 19.3. The van der Waals surface area contributed by atoms with Crippen LogP contribution in [0.1, 0.15) is 59.6 Å². The van der Waals surface area contributed by atoms with Gasteiger partial charge >= 0.3 is 12.8 Å². The Labute approximate surface area is 276 Å². The van der Waals surface area contributed by atoms with Gasteiger partial charge in [0, 0.05) is 37.9 Å². The van der Waals surface area contributed by atoms with Crippen molar-refractivity contribution in [3.63, 3.8) is 0 Å². The average Bonchev–Trinajstić information content (AvgIpc) is 3.54. The molecule has 12 heteroatoms. The summed E-state index contributed by atoms with van der Waals surface area (Å²) in [5.74, 6) is -0.648. The Morgan fingerprint density at radius 2 is 1.55 bits per heavy atom. The van der Waals surface area contributed by atoms with Gasteiger partial charge in [0.05, 0.1) is 41.8 Å². The molecule has 248 valence electrons. The molecule has 4 aromatic rings. The van der Waals surface area contributed by atoms with Gasteiger partial charge in [-0.15, -0.1) is 0 Å². The number of pyridine rings is 1. The van der Waals surface area contributed by atoms with E-state index >= 15 is 4.39 Å². The van der Waals surface area contributed by atoms with Crippen LogP contribution in [-0.4, -0.2) is 69.9 Å². The molecule has 2 atom stereocenters. The minimum Gasteiger partial charge on any atom is -0.399 e. The Hall–Kier alpha value is -4.00. The van der Waals surface area contributed by atoms with Crippen molar-refractivity contribution < 1.29 is 18.4 Å². The van der Waals surface area contributed by atoms with E-state index in [0.29, 0.717) is 31.8 Å². The Morgan fingerprint density at radius 1 is 0.936 bits per heavy atom. The monoisotopic (exact) mass is 642 g/mol. The van der Waals surface area contributed by atoms with E-state index in [1.54, 1.807) is 6.20 Å². The highest BCUT2D eigenvalue weighted by molar-refractivity contribution is 6.62. The fourth-order valence-corrected chi connectivity index (χ4v) is 6.12. The standard InChI is InChI=1S/C35H44BFN6O4/c1-7-31(25(2)45-23-26-11-9-8-10-12-26)43-33(44)42(24-39-43)32-30(37)21-29(22-38-32)41-19-17-40(18-20-41)28-15-13-27(14-16-28)36-46-34(3,4)35(5,6)47-36/h8-16,21-22,24-25,31H,7,17-20,23H2,1-6H3. The number of rotatable bonds is 10. The maximum absolute atomic E-state index is 15.5. The second kappa shape index (κ2) is 13.3. The molecule has 0 N–H and O–H groups in total. The summed E-state index contributed by atoms with van der Waals surface area (Å²) >= 11 is 0. The van der Waals surface area contributed by atoms with Crippen LogP contribution < -0.4 is 21.0 Å². The van der Waals surface area contributed by atoms with Crippen molar-refractivity contribution in [3.05, 3.63) is 95.1 Å². The van der Waals surface area contributed by atoms with Crippen LogP contribution in [0.4, 0.5) is 15.8 Å². The highest BCUT2D eigenvalue weighted by atomic mass is 19.1. The van der Waals surface area contributed by atoms with Crippen molar-refractivity contribution in [2.24, 2.45) is 0 Å². The molecule has 4 heterocycles. The second-order valence-corrected chi connectivity index (χ2v) is 13.4. The minimum atomic E-state index is -0.578. The largest absolute Gasteiger partial charge is 0.494 e. The number of piperazine rings is 1. The van der Waals surface area contributed by atoms with E-state index in [9.17, 15) is 4.79 Å². The van der Waals surface area contributed by atoms with E-state index in [4.69, 9.17) is 14.0 Å². The van der Waals surface area contributed by atoms with E-state index in [-0.39, 0.29) is 29.2 Å². The van der Waals surface area contributed by atoms with Crippen molar-refractivity contribution in [1.82, 2.24) is 19.3 Å². The third-order valence-corrected chi connectivity index (χ3v) is 9.79. The first-order valence-corrected chi connectivity index (χ1v) is 16.4. The van der Waals surface area contributed by atoms with E-state index < -0.39 is 18.6 Å². The lowest BCUT2D eigenvalue weighted by atomic mass is 9.79. The molecule has 2 saturated heterocycles. The van der Waals surface area contributed by atoms with Crippen LogP contribution in [0.3, 0.4) is 0 Å². The van der Waals surface area contributed by atoms with Gasteiger partial charge in [-0.3, -0.25) is 0 Å². The van der Waals surface area contributed by atoms with Crippen molar-refractivity contribution in [2.45, 2.75) is 77.9 Å². The average molecular weight is 643 g/mol. The van der Waals surface area contributed by atoms with Crippen molar-refractivity contribution >= 4 is 24.0 Å². The van der Waals surface area contributed by atoms with E-state index in [0.717, 1.165) is 34.4 Å². The number of nitrogens with zero attached hydrogens (tertiary/aromatic N) is 6. The number of halogens is 1. The van der Waals surface area contributed by atoms with Crippen molar-refractivity contribution in [1.29, 1.82) is 0 Å². The van der Waals surface area contributed by atoms with Gasteiger partial charge in [0.15, 0.2) is 11.6 Å². The predicted octanol–water partition coefficient (Wildman–Crippen LogP) is 4.75. The van der Waals surface area contributed by atoms with E-state index in [1.807, 2.05) is 44.2 Å². The molecular weight excluding hydrogens is 598 g/mol. The van der Waals surface area contributed by atoms with E-state index in [1.165, 1.54) is 17.1 Å². The third kappa shape index (κ3) is 6.72. The van der Waals surface area contributed by atoms with Gasteiger partial charge in [-0.25, -0.2) is 23.4 Å². The number of ether oxygens (including phenoxy) is 1. The lowest BCUT2D eigenvalue weighted by molar-refractivity contribution is 0.00578. The minimum absolute atomic E-state index is 0.0709. The second-order valence-electron chi connectivity index (χ2n) is 13.4.